The van der Waals surface area contributed by atoms with Crippen LogP contribution in [-0.4, -0.2) is 48.1 Å². The molecule has 7 nitrogen and oxygen atoms in total. The van der Waals surface area contributed by atoms with E-state index in [2.05, 4.69) is 15.6 Å². The Hall–Kier alpha value is -3.21. The predicted molar refractivity (Wildman–Crippen MR) is 114 cm³/mol. The zero-order valence-corrected chi connectivity index (χ0v) is 17.9. The van der Waals surface area contributed by atoms with Gasteiger partial charge in [-0.25, -0.2) is 9.37 Å². The lowest BCUT2D eigenvalue weighted by Crippen LogP contribution is -2.41. The van der Waals surface area contributed by atoms with E-state index in [4.69, 9.17) is 0 Å². The summed E-state index contributed by atoms with van der Waals surface area (Å²) in [5, 5.41) is 14.3. The predicted octanol–water partition coefficient (Wildman–Crippen LogP) is 3.59. The zero-order chi connectivity index (χ0) is 24.2. The lowest BCUT2D eigenvalue weighted by molar-refractivity contribution is -0.137. The van der Waals surface area contributed by atoms with Gasteiger partial charge in [-0.05, 0) is 49.9 Å². The van der Waals surface area contributed by atoms with Crippen molar-refractivity contribution in [2.75, 3.05) is 30.4 Å². The Balaban J connectivity index is 2.00. The van der Waals surface area contributed by atoms with Gasteiger partial charge in [-0.3, -0.25) is 9.59 Å². The number of piperidine rings is 1. The number of nitrogens with one attached hydrogen (secondary N) is 2. The fraction of sp³-hybridized carbons (Fsp3) is 0.409. The maximum atomic E-state index is 13.8. The number of halogens is 4. The lowest BCUT2D eigenvalue weighted by atomic mass is 9.99. The molecule has 33 heavy (non-hydrogen) atoms. The molecule has 3 rings (SSSR count). The van der Waals surface area contributed by atoms with Gasteiger partial charge >= 0.3 is 6.18 Å². The number of hydrogen-bond donors (Lipinski definition) is 3. The Labute approximate surface area is 187 Å². The van der Waals surface area contributed by atoms with Crippen LogP contribution in [0.5, 0.6) is 0 Å². The topological polar surface area (TPSA) is 94.6 Å². The van der Waals surface area contributed by atoms with E-state index >= 15 is 0 Å². The van der Waals surface area contributed by atoms with Gasteiger partial charge in [-0.15, -0.1) is 0 Å². The summed E-state index contributed by atoms with van der Waals surface area (Å²) in [5.74, 6) is -2.33. The van der Waals surface area contributed by atoms with Crippen LogP contribution in [0, 0.1) is 5.82 Å². The molecule has 1 aromatic heterocycles. The van der Waals surface area contributed by atoms with Gasteiger partial charge in [0.25, 0.3) is 11.8 Å². The van der Waals surface area contributed by atoms with E-state index < -0.39 is 34.9 Å². The molecule has 11 heteroatoms. The molecule has 2 heterocycles. The maximum absolute atomic E-state index is 13.8. The molecule has 178 valence electrons. The van der Waals surface area contributed by atoms with Crippen molar-refractivity contribution in [2.45, 2.75) is 37.9 Å². The van der Waals surface area contributed by atoms with E-state index in [1.807, 2.05) is 4.90 Å². The summed E-state index contributed by atoms with van der Waals surface area (Å²) in [6.07, 6.45) is -0.459. The van der Waals surface area contributed by atoms with Crippen LogP contribution < -0.4 is 15.5 Å². The number of hydrogen-bond acceptors (Lipinski definition) is 5. The number of carbonyl (C=O) groups excluding carboxylic acids is 2. The Morgan fingerprint density at radius 1 is 1.15 bits per heavy atom. The highest BCUT2D eigenvalue weighted by Gasteiger charge is 2.32. The van der Waals surface area contributed by atoms with E-state index in [1.165, 1.54) is 19.3 Å². The number of nitrogens with zero attached hydrogens (tertiary/aromatic N) is 2. The first-order valence-corrected chi connectivity index (χ1v) is 10.4. The summed E-state index contributed by atoms with van der Waals surface area (Å²) in [6, 6.07) is 2.87. The number of pyridine rings is 1. The quantitative estimate of drug-likeness (QED) is 0.564. The van der Waals surface area contributed by atoms with Gasteiger partial charge in [0, 0.05) is 38.0 Å². The van der Waals surface area contributed by atoms with E-state index in [0.29, 0.717) is 37.0 Å². The minimum Gasteiger partial charge on any atom is -0.396 e. The molecule has 3 N–H and O–H groups in total. The van der Waals surface area contributed by atoms with E-state index in [1.54, 1.807) is 0 Å². The van der Waals surface area contributed by atoms with Crippen molar-refractivity contribution < 1.29 is 32.3 Å². The van der Waals surface area contributed by atoms with Crippen LogP contribution >= 0.6 is 0 Å². The highest BCUT2D eigenvalue weighted by Crippen LogP contribution is 2.33. The van der Waals surface area contributed by atoms with Crippen LogP contribution in [0.4, 0.5) is 29.1 Å². The first kappa shape index (κ1) is 24.4. The van der Waals surface area contributed by atoms with Crippen LogP contribution in [-0.2, 0) is 6.18 Å². The molecular formula is C22H24F4N4O3. The van der Waals surface area contributed by atoms with Gasteiger partial charge in [0.15, 0.2) is 5.82 Å². The molecule has 1 fully saturated rings. The van der Waals surface area contributed by atoms with Gasteiger partial charge in [-0.2, -0.15) is 13.2 Å². The third-order valence-electron chi connectivity index (χ3n) is 5.45. The summed E-state index contributed by atoms with van der Waals surface area (Å²) in [4.78, 5) is 31.1. The molecule has 1 aliphatic rings. The molecule has 0 radical (unpaired) electrons. The lowest BCUT2D eigenvalue weighted by Gasteiger charge is -2.37. The summed E-state index contributed by atoms with van der Waals surface area (Å²) < 4.78 is 53.0. The van der Waals surface area contributed by atoms with Gasteiger partial charge in [-0.1, -0.05) is 0 Å². The van der Waals surface area contributed by atoms with Crippen molar-refractivity contribution in [1.82, 2.24) is 10.3 Å². The number of anilines is 2. The van der Waals surface area contributed by atoms with Gasteiger partial charge in [0.1, 0.15) is 5.82 Å². The minimum absolute atomic E-state index is 0.0529. The molecule has 0 spiro atoms. The highest BCUT2D eigenvalue weighted by atomic mass is 19.4. The molecule has 0 aliphatic carbocycles. The molecule has 1 atom stereocenters. The van der Waals surface area contributed by atoms with Crippen LogP contribution in [0.2, 0.25) is 0 Å². The Kier molecular flexibility index (Phi) is 7.52. The molecule has 1 aromatic carbocycles. The second-order valence-electron chi connectivity index (χ2n) is 7.71. The first-order chi connectivity index (χ1) is 15.6. The molecule has 1 saturated heterocycles. The highest BCUT2D eigenvalue weighted by molar-refractivity contribution is 6.06. The van der Waals surface area contributed by atoms with Crippen LogP contribution in [0.25, 0.3) is 0 Å². The number of benzene rings is 1. The molecule has 1 unspecified atom stereocenters. The van der Waals surface area contributed by atoms with Crippen molar-refractivity contribution in [3.8, 4) is 0 Å². The van der Waals surface area contributed by atoms with Crippen molar-refractivity contribution in [3.05, 3.63) is 53.0 Å². The monoisotopic (exact) mass is 468 g/mol. The summed E-state index contributed by atoms with van der Waals surface area (Å²) >= 11 is 0. The van der Waals surface area contributed by atoms with Gasteiger partial charge < -0.3 is 20.6 Å². The van der Waals surface area contributed by atoms with Crippen molar-refractivity contribution in [3.63, 3.8) is 0 Å². The molecule has 1 aliphatic heterocycles. The summed E-state index contributed by atoms with van der Waals surface area (Å²) in [5.41, 5.74) is -1.58. The van der Waals surface area contributed by atoms with Gasteiger partial charge in [0.2, 0.25) is 0 Å². The number of rotatable bonds is 6. The largest absolute Gasteiger partial charge is 0.416 e. The molecule has 2 aromatic rings. The number of carbonyl (C=O) groups is 2. The minimum atomic E-state index is -4.83. The first-order valence-electron chi connectivity index (χ1n) is 10.4. The van der Waals surface area contributed by atoms with Crippen LogP contribution in [0.1, 0.15) is 52.0 Å². The second kappa shape index (κ2) is 10.2. The van der Waals surface area contributed by atoms with E-state index in [9.17, 15) is 32.3 Å². The normalized spacial score (nSPS) is 16.4. The average Bonchev–Trinajstić information content (AvgIpc) is 2.78. The van der Waals surface area contributed by atoms with Crippen LogP contribution in [0.15, 0.2) is 30.5 Å². The summed E-state index contributed by atoms with van der Waals surface area (Å²) in [6.45, 7) is 0.529. The van der Waals surface area contributed by atoms with Crippen molar-refractivity contribution in [1.29, 1.82) is 0 Å². The number of alkyl halides is 3. The second-order valence-corrected chi connectivity index (χ2v) is 7.71. The third-order valence-corrected chi connectivity index (χ3v) is 5.45. The van der Waals surface area contributed by atoms with E-state index in [-0.39, 0.29) is 23.9 Å². The Bertz CT molecular complexity index is 1030. The van der Waals surface area contributed by atoms with Crippen molar-refractivity contribution in [2.24, 2.45) is 0 Å². The average molecular weight is 468 g/mol. The fourth-order valence-electron chi connectivity index (χ4n) is 3.85. The molecule has 0 bridgehead atoms. The third kappa shape index (κ3) is 5.78. The molecule has 2 amide bonds. The summed E-state index contributed by atoms with van der Waals surface area (Å²) in [7, 11) is 1.42. The maximum Gasteiger partial charge on any atom is 0.416 e. The number of aliphatic hydroxyl groups excluding tert-OH is 1. The zero-order valence-electron chi connectivity index (χ0n) is 17.9. The van der Waals surface area contributed by atoms with Crippen LogP contribution in [0.3, 0.4) is 0 Å². The Morgan fingerprint density at radius 2 is 1.91 bits per heavy atom. The number of aromatic nitrogens is 1. The molecular weight excluding hydrogens is 444 g/mol. The number of aliphatic hydroxyl groups is 1. The van der Waals surface area contributed by atoms with Gasteiger partial charge in [0.05, 0.1) is 16.8 Å². The standard InChI is InChI=1S/C22H24F4N4O3/c1-27-20(32)14-10-18(19(28-12-14)30-6-3-2-4-17(30)5-7-31)29-21(33)13-8-15(22(24,25)26)11-16(23)9-13/h8-12,17,31H,2-7H2,1H3,(H,27,32)(H,29,33). The number of amides is 2. The Morgan fingerprint density at radius 3 is 2.58 bits per heavy atom. The SMILES string of the molecule is CNC(=O)c1cnc(N2CCCCC2CCO)c(NC(=O)c2cc(F)cc(C(F)(F)F)c2)c1. The van der Waals surface area contributed by atoms with Crippen molar-refractivity contribution >= 4 is 23.3 Å². The molecule has 0 saturated carbocycles. The smallest absolute Gasteiger partial charge is 0.396 e. The van der Waals surface area contributed by atoms with E-state index in [0.717, 1.165) is 19.3 Å². The fourth-order valence-corrected chi connectivity index (χ4v) is 3.85.